The van der Waals surface area contributed by atoms with E-state index in [9.17, 15) is 4.79 Å². The molecule has 0 aliphatic rings. The third kappa shape index (κ3) is 5.17. The first-order valence-corrected chi connectivity index (χ1v) is 9.14. The van der Waals surface area contributed by atoms with Crippen LogP contribution in [0.2, 0.25) is 5.02 Å². The highest BCUT2D eigenvalue weighted by Gasteiger charge is 2.15. The Morgan fingerprint density at radius 3 is 2.56 bits per heavy atom. The zero-order chi connectivity index (χ0) is 19.4. The Bertz CT molecular complexity index is 927. The van der Waals surface area contributed by atoms with E-state index in [0.29, 0.717) is 16.7 Å². The van der Waals surface area contributed by atoms with Crippen LogP contribution in [0.1, 0.15) is 37.8 Å². The monoisotopic (exact) mass is 383 g/mol. The maximum atomic E-state index is 12.1. The Kier molecular flexibility index (Phi) is 5.61. The van der Waals surface area contributed by atoms with Gasteiger partial charge in [0.2, 0.25) is 17.6 Å². The first-order chi connectivity index (χ1) is 12.8. The van der Waals surface area contributed by atoms with E-state index in [2.05, 4.69) is 48.4 Å². The van der Waals surface area contributed by atoms with Crippen LogP contribution >= 0.6 is 11.6 Å². The van der Waals surface area contributed by atoms with Gasteiger partial charge in [-0.25, -0.2) is 0 Å². The van der Waals surface area contributed by atoms with Gasteiger partial charge in [0.25, 0.3) is 0 Å². The van der Waals surface area contributed by atoms with Crippen LogP contribution < -0.4 is 5.32 Å². The molecular formula is C21H22ClN3O2. The van der Waals surface area contributed by atoms with Crippen molar-refractivity contribution in [2.45, 2.75) is 39.2 Å². The standard InChI is InChI=1S/C21H22ClN3O2/c1-21(2,3)16-9-7-15(8-10-16)20-24-19(27-25-20)13-23-18(26)12-14-5-4-6-17(22)11-14/h4-11H,12-13H2,1-3H3,(H,23,26). The number of rotatable bonds is 5. The Morgan fingerprint density at radius 1 is 1.15 bits per heavy atom. The maximum absolute atomic E-state index is 12.1. The lowest BCUT2D eigenvalue weighted by Crippen LogP contribution is -2.24. The number of carbonyl (C=O) groups is 1. The third-order valence-corrected chi connectivity index (χ3v) is 4.40. The summed E-state index contributed by atoms with van der Waals surface area (Å²) in [7, 11) is 0. The second-order valence-electron chi connectivity index (χ2n) is 7.42. The fourth-order valence-corrected chi connectivity index (χ4v) is 2.85. The van der Waals surface area contributed by atoms with Gasteiger partial charge >= 0.3 is 0 Å². The molecule has 0 fully saturated rings. The number of carbonyl (C=O) groups excluding carboxylic acids is 1. The van der Waals surface area contributed by atoms with Crippen molar-refractivity contribution in [3.8, 4) is 11.4 Å². The van der Waals surface area contributed by atoms with Crippen molar-refractivity contribution in [3.63, 3.8) is 0 Å². The van der Waals surface area contributed by atoms with E-state index in [1.807, 2.05) is 24.3 Å². The molecule has 3 rings (SSSR count). The van der Waals surface area contributed by atoms with E-state index in [0.717, 1.165) is 11.1 Å². The molecule has 1 aromatic heterocycles. The molecule has 3 aromatic rings. The highest BCUT2D eigenvalue weighted by Crippen LogP contribution is 2.25. The third-order valence-electron chi connectivity index (χ3n) is 4.17. The van der Waals surface area contributed by atoms with Crippen molar-refractivity contribution in [2.75, 3.05) is 0 Å². The summed E-state index contributed by atoms with van der Waals surface area (Å²) in [5, 5.41) is 7.39. The van der Waals surface area contributed by atoms with Crippen LogP contribution in [-0.2, 0) is 23.2 Å². The lowest BCUT2D eigenvalue weighted by atomic mass is 9.87. The fraction of sp³-hybridized carbons (Fsp3) is 0.286. The maximum Gasteiger partial charge on any atom is 0.246 e. The van der Waals surface area contributed by atoms with Crippen molar-refractivity contribution >= 4 is 17.5 Å². The second kappa shape index (κ2) is 7.92. The van der Waals surface area contributed by atoms with Crippen LogP contribution in [0.25, 0.3) is 11.4 Å². The molecule has 0 atom stereocenters. The summed E-state index contributed by atoms with van der Waals surface area (Å²) < 4.78 is 5.24. The van der Waals surface area contributed by atoms with Crippen molar-refractivity contribution in [1.29, 1.82) is 0 Å². The number of nitrogens with one attached hydrogen (secondary N) is 1. The summed E-state index contributed by atoms with van der Waals surface area (Å²) in [4.78, 5) is 16.4. The predicted octanol–water partition coefficient (Wildman–Crippen LogP) is 4.55. The SMILES string of the molecule is CC(C)(C)c1ccc(-c2noc(CNC(=O)Cc3cccc(Cl)c3)n2)cc1. The molecule has 5 nitrogen and oxygen atoms in total. The van der Waals surface area contributed by atoms with Crippen LogP contribution in [0, 0.1) is 0 Å². The largest absolute Gasteiger partial charge is 0.347 e. The molecule has 27 heavy (non-hydrogen) atoms. The summed E-state index contributed by atoms with van der Waals surface area (Å²) in [6.07, 6.45) is 0.246. The Hall–Kier alpha value is -2.66. The number of hydrogen-bond donors (Lipinski definition) is 1. The van der Waals surface area contributed by atoms with E-state index in [-0.39, 0.29) is 24.3 Å². The molecule has 0 saturated heterocycles. The fourth-order valence-electron chi connectivity index (χ4n) is 2.63. The average molecular weight is 384 g/mol. The molecular weight excluding hydrogens is 362 g/mol. The molecule has 6 heteroatoms. The van der Waals surface area contributed by atoms with Gasteiger partial charge in [0.05, 0.1) is 13.0 Å². The van der Waals surface area contributed by atoms with Crippen molar-refractivity contribution in [2.24, 2.45) is 0 Å². The molecule has 0 aliphatic heterocycles. The quantitative estimate of drug-likeness (QED) is 0.702. The lowest BCUT2D eigenvalue weighted by Gasteiger charge is -2.18. The van der Waals surface area contributed by atoms with Gasteiger partial charge in [0.1, 0.15) is 0 Å². The molecule has 1 N–H and O–H groups in total. The van der Waals surface area contributed by atoms with Crippen LogP contribution in [-0.4, -0.2) is 16.0 Å². The van der Waals surface area contributed by atoms with E-state index in [4.69, 9.17) is 16.1 Å². The van der Waals surface area contributed by atoms with Crippen LogP contribution in [0.3, 0.4) is 0 Å². The topological polar surface area (TPSA) is 68.0 Å². The highest BCUT2D eigenvalue weighted by atomic mass is 35.5. The zero-order valence-corrected chi connectivity index (χ0v) is 16.4. The van der Waals surface area contributed by atoms with E-state index < -0.39 is 0 Å². The normalized spacial score (nSPS) is 11.4. The first kappa shape index (κ1) is 19.1. The number of hydrogen-bond acceptors (Lipinski definition) is 4. The molecule has 0 bridgehead atoms. The van der Waals surface area contributed by atoms with Gasteiger partial charge < -0.3 is 9.84 Å². The summed E-state index contributed by atoms with van der Waals surface area (Å²) in [6, 6.07) is 15.3. The van der Waals surface area contributed by atoms with Crippen molar-refractivity contribution in [3.05, 3.63) is 70.6 Å². The lowest BCUT2D eigenvalue weighted by molar-refractivity contribution is -0.120. The predicted molar refractivity (Wildman–Crippen MR) is 105 cm³/mol. The van der Waals surface area contributed by atoms with Crippen LogP contribution in [0.5, 0.6) is 0 Å². The Morgan fingerprint density at radius 2 is 1.89 bits per heavy atom. The zero-order valence-electron chi connectivity index (χ0n) is 15.6. The summed E-state index contributed by atoms with van der Waals surface area (Å²) >= 11 is 5.93. The van der Waals surface area contributed by atoms with Crippen LogP contribution in [0.15, 0.2) is 53.1 Å². The minimum atomic E-state index is -0.133. The minimum Gasteiger partial charge on any atom is -0.347 e. The van der Waals surface area contributed by atoms with Gasteiger partial charge in [-0.05, 0) is 28.7 Å². The van der Waals surface area contributed by atoms with Gasteiger partial charge in [0.15, 0.2) is 0 Å². The summed E-state index contributed by atoms with van der Waals surface area (Å²) in [5.74, 6) is 0.741. The van der Waals surface area contributed by atoms with Gasteiger partial charge in [-0.2, -0.15) is 4.98 Å². The van der Waals surface area contributed by atoms with Gasteiger partial charge in [-0.15, -0.1) is 0 Å². The Balaban J connectivity index is 1.58. The van der Waals surface area contributed by atoms with E-state index in [1.54, 1.807) is 12.1 Å². The average Bonchev–Trinajstić information content (AvgIpc) is 3.08. The number of benzene rings is 2. The molecule has 0 aliphatic carbocycles. The van der Waals surface area contributed by atoms with Gasteiger partial charge in [0, 0.05) is 10.6 Å². The second-order valence-corrected chi connectivity index (χ2v) is 7.86. The molecule has 0 saturated carbocycles. The van der Waals surface area contributed by atoms with Gasteiger partial charge in [-0.1, -0.05) is 73.9 Å². The molecule has 0 unspecified atom stereocenters. The van der Waals surface area contributed by atoms with Crippen molar-refractivity contribution in [1.82, 2.24) is 15.5 Å². The highest BCUT2D eigenvalue weighted by molar-refractivity contribution is 6.30. The number of halogens is 1. The number of nitrogens with zero attached hydrogens (tertiary/aromatic N) is 2. The number of amides is 1. The molecule has 0 radical (unpaired) electrons. The van der Waals surface area contributed by atoms with Crippen molar-refractivity contribution < 1.29 is 9.32 Å². The summed E-state index contributed by atoms with van der Waals surface area (Å²) in [5.41, 5.74) is 3.06. The summed E-state index contributed by atoms with van der Waals surface area (Å²) in [6.45, 7) is 6.69. The smallest absolute Gasteiger partial charge is 0.246 e. The Labute approximate surface area is 163 Å². The molecule has 2 aromatic carbocycles. The number of aromatic nitrogens is 2. The van der Waals surface area contributed by atoms with Gasteiger partial charge in [-0.3, -0.25) is 4.79 Å². The van der Waals surface area contributed by atoms with E-state index >= 15 is 0 Å². The van der Waals surface area contributed by atoms with E-state index in [1.165, 1.54) is 5.56 Å². The molecule has 0 spiro atoms. The first-order valence-electron chi connectivity index (χ1n) is 8.76. The molecule has 140 valence electrons. The van der Waals surface area contributed by atoms with Crippen LogP contribution in [0.4, 0.5) is 0 Å². The molecule has 1 amide bonds. The molecule has 1 heterocycles. The minimum absolute atomic E-state index is 0.0915.